The summed E-state index contributed by atoms with van der Waals surface area (Å²) in [6, 6.07) is 9.94. The van der Waals surface area contributed by atoms with Crippen molar-refractivity contribution in [3.63, 3.8) is 0 Å². The topological polar surface area (TPSA) is 64.1 Å². The molecule has 0 amide bonds. The van der Waals surface area contributed by atoms with Crippen LogP contribution in [-0.4, -0.2) is 16.2 Å². The van der Waals surface area contributed by atoms with Crippen LogP contribution in [0.2, 0.25) is 0 Å². The first-order valence-electron chi connectivity index (χ1n) is 8.33. The van der Waals surface area contributed by atoms with Gasteiger partial charge in [0.15, 0.2) is 0 Å². The Bertz CT molecular complexity index is 809. The van der Waals surface area contributed by atoms with Crippen molar-refractivity contribution in [2.45, 2.75) is 39.3 Å². The van der Waals surface area contributed by atoms with Crippen molar-refractivity contribution in [3.8, 4) is 0 Å². The van der Waals surface area contributed by atoms with E-state index in [1.54, 1.807) is 6.92 Å². The summed E-state index contributed by atoms with van der Waals surface area (Å²) in [4.78, 5) is 25.0. The van der Waals surface area contributed by atoms with Crippen molar-refractivity contribution in [2.24, 2.45) is 0 Å². The maximum atomic E-state index is 13.9. The number of allylic oxidation sites excluding steroid dienone is 2. The van der Waals surface area contributed by atoms with Gasteiger partial charge in [-0.15, -0.1) is 0 Å². The van der Waals surface area contributed by atoms with Crippen LogP contribution in [0, 0.1) is 6.92 Å². The van der Waals surface area contributed by atoms with Crippen molar-refractivity contribution >= 4 is 0 Å². The molecule has 5 nitrogen and oxygen atoms in total. The molecule has 0 spiro atoms. The Balaban J connectivity index is 1.67. The highest BCUT2D eigenvalue weighted by atomic mass is 19.1. The molecule has 1 aromatic carbocycles. The standard InChI is InChI=1S/C19H23FN2O3/c1-15-12-22(19(24)21-18(15)23)13-17(20)10-6-3-7-11-25-14-16-8-4-2-5-9-16/h2,4-5,8-10,12H,3,6-7,11,13-14H2,1H3,(H,21,23,24)/b17-10-. The Morgan fingerprint density at radius 2 is 2.00 bits per heavy atom. The zero-order valence-electron chi connectivity index (χ0n) is 14.3. The Morgan fingerprint density at radius 3 is 2.76 bits per heavy atom. The van der Waals surface area contributed by atoms with Gasteiger partial charge in [0.1, 0.15) is 5.83 Å². The zero-order chi connectivity index (χ0) is 18.1. The number of hydrogen-bond acceptors (Lipinski definition) is 3. The highest BCUT2D eigenvalue weighted by Gasteiger charge is 2.03. The van der Waals surface area contributed by atoms with Gasteiger partial charge in [-0.25, -0.2) is 9.18 Å². The highest BCUT2D eigenvalue weighted by molar-refractivity contribution is 5.13. The Morgan fingerprint density at radius 1 is 1.24 bits per heavy atom. The predicted octanol–water partition coefficient (Wildman–Crippen LogP) is 3.09. The lowest BCUT2D eigenvalue weighted by atomic mass is 10.2. The second kappa shape index (κ2) is 9.74. The first kappa shape index (κ1) is 18.9. The molecule has 1 aromatic heterocycles. The second-order valence-corrected chi connectivity index (χ2v) is 5.88. The van der Waals surface area contributed by atoms with Gasteiger partial charge in [0.2, 0.25) is 0 Å². The largest absolute Gasteiger partial charge is 0.377 e. The van der Waals surface area contributed by atoms with E-state index in [2.05, 4.69) is 4.98 Å². The summed E-state index contributed by atoms with van der Waals surface area (Å²) in [5, 5.41) is 0. The van der Waals surface area contributed by atoms with Crippen molar-refractivity contribution in [2.75, 3.05) is 6.61 Å². The fourth-order valence-electron chi connectivity index (χ4n) is 2.33. The van der Waals surface area contributed by atoms with Crippen LogP contribution in [0.4, 0.5) is 4.39 Å². The van der Waals surface area contributed by atoms with Crippen LogP contribution >= 0.6 is 0 Å². The van der Waals surface area contributed by atoms with Gasteiger partial charge in [-0.05, 0) is 31.7 Å². The Hall–Kier alpha value is -2.47. The van der Waals surface area contributed by atoms with E-state index in [9.17, 15) is 14.0 Å². The van der Waals surface area contributed by atoms with Crippen molar-refractivity contribution < 1.29 is 9.13 Å². The molecule has 2 rings (SSSR count). The molecular formula is C19H23FN2O3. The number of rotatable bonds is 9. The van der Waals surface area contributed by atoms with Gasteiger partial charge in [0, 0.05) is 18.4 Å². The van der Waals surface area contributed by atoms with Crippen LogP contribution in [0.25, 0.3) is 0 Å². The van der Waals surface area contributed by atoms with Crippen LogP contribution in [0.15, 0.2) is 58.0 Å². The molecular weight excluding hydrogens is 323 g/mol. The third-order valence-electron chi connectivity index (χ3n) is 3.73. The van der Waals surface area contributed by atoms with Crippen LogP contribution < -0.4 is 11.2 Å². The fourth-order valence-corrected chi connectivity index (χ4v) is 2.33. The summed E-state index contributed by atoms with van der Waals surface area (Å²) in [6.45, 7) is 2.62. The summed E-state index contributed by atoms with van der Waals surface area (Å²) in [5.41, 5.74) is 0.465. The average molecular weight is 346 g/mol. The second-order valence-electron chi connectivity index (χ2n) is 5.88. The smallest absolute Gasteiger partial charge is 0.328 e. The predicted molar refractivity (Wildman–Crippen MR) is 95.2 cm³/mol. The minimum absolute atomic E-state index is 0.166. The Kier molecular flexibility index (Phi) is 7.35. The maximum absolute atomic E-state index is 13.9. The minimum Gasteiger partial charge on any atom is -0.377 e. The molecule has 0 aliphatic carbocycles. The van der Waals surface area contributed by atoms with Crippen LogP contribution in [0.1, 0.15) is 30.4 Å². The summed E-state index contributed by atoms with van der Waals surface area (Å²) >= 11 is 0. The number of hydrogen-bond donors (Lipinski definition) is 1. The summed E-state index contributed by atoms with van der Waals surface area (Å²) in [6.07, 6.45) is 5.07. The fraction of sp³-hybridized carbons (Fsp3) is 0.368. The summed E-state index contributed by atoms with van der Waals surface area (Å²) < 4.78 is 20.6. The number of benzene rings is 1. The molecule has 0 saturated heterocycles. The zero-order valence-corrected chi connectivity index (χ0v) is 14.3. The van der Waals surface area contributed by atoms with Gasteiger partial charge in [0.05, 0.1) is 13.2 Å². The van der Waals surface area contributed by atoms with Gasteiger partial charge in [-0.3, -0.25) is 14.3 Å². The molecule has 25 heavy (non-hydrogen) atoms. The molecule has 0 unspecified atom stereocenters. The van der Waals surface area contributed by atoms with Crippen molar-refractivity contribution in [1.82, 2.24) is 9.55 Å². The number of nitrogens with zero attached hydrogens (tertiary/aromatic N) is 1. The molecule has 2 aromatic rings. The third-order valence-corrected chi connectivity index (χ3v) is 3.73. The molecule has 1 N–H and O–H groups in total. The molecule has 0 radical (unpaired) electrons. The van der Waals surface area contributed by atoms with E-state index in [1.165, 1.54) is 12.3 Å². The highest BCUT2D eigenvalue weighted by Crippen LogP contribution is 2.06. The molecule has 6 heteroatoms. The number of aromatic nitrogens is 2. The number of aromatic amines is 1. The monoisotopic (exact) mass is 346 g/mol. The molecule has 0 atom stereocenters. The van der Waals surface area contributed by atoms with Crippen LogP contribution in [0.5, 0.6) is 0 Å². The average Bonchev–Trinajstić information content (AvgIpc) is 2.60. The van der Waals surface area contributed by atoms with E-state index < -0.39 is 17.1 Å². The maximum Gasteiger partial charge on any atom is 0.328 e. The Labute approximate surface area is 145 Å². The number of unbranched alkanes of at least 4 members (excludes halogenated alkanes) is 2. The molecule has 0 aliphatic heterocycles. The van der Waals surface area contributed by atoms with E-state index in [4.69, 9.17) is 4.74 Å². The normalized spacial score (nSPS) is 11.7. The van der Waals surface area contributed by atoms with Gasteiger partial charge >= 0.3 is 5.69 Å². The van der Waals surface area contributed by atoms with E-state index in [0.717, 1.165) is 23.0 Å². The van der Waals surface area contributed by atoms with E-state index in [0.29, 0.717) is 25.2 Å². The van der Waals surface area contributed by atoms with E-state index in [-0.39, 0.29) is 6.54 Å². The molecule has 0 saturated carbocycles. The molecule has 1 heterocycles. The summed E-state index contributed by atoms with van der Waals surface area (Å²) in [5.74, 6) is -0.390. The molecule has 134 valence electrons. The summed E-state index contributed by atoms with van der Waals surface area (Å²) in [7, 11) is 0. The van der Waals surface area contributed by atoms with E-state index in [1.807, 2.05) is 30.3 Å². The van der Waals surface area contributed by atoms with Gasteiger partial charge < -0.3 is 4.74 Å². The lowest BCUT2D eigenvalue weighted by Crippen LogP contribution is -2.30. The van der Waals surface area contributed by atoms with Crippen LogP contribution in [0.3, 0.4) is 0 Å². The number of H-pyrrole nitrogens is 1. The first-order valence-corrected chi connectivity index (χ1v) is 8.33. The first-order chi connectivity index (χ1) is 12.1. The number of aryl methyl sites for hydroxylation is 1. The minimum atomic E-state index is -0.603. The third kappa shape index (κ3) is 6.51. The van der Waals surface area contributed by atoms with E-state index >= 15 is 0 Å². The lowest BCUT2D eigenvalue weighted by molar-refractivity contribution is 0.117. The SMILES string of the molecule is Cc1cn(C/C(F)=C/CCCCOCc2ccccc2)c(=O)[nH]c1=O. The number of nitrogens with one attached hydrogen (secondary N) is 1. The van der Waals surface area contributed by atoms with Gasteiger partial charge in [-0.2, -0.15) is 0 Å². The van der Waals surface area contributed by atoms with Gasteiger partial charge in [-0.1, -0.05) is 36.4 Å². The molecule has 0 bridgehead atoms. The molecule has 0 aliphatic rings. The van der Waals surface area contributed by atoms with Crippen molar-refractivity contribution in [3.05, 3.63) is 80.4 Å². The van der Waals surface area contributed by atoms with Crippen molar-refractivity contribution in [1.29, 1.82) is 0 Å². The van der Waals surface area contributed by atoms with Crippen LogP contribution in [-0.2, 0) is 17.9 Å². The number of ether oxygens (including phenoxy) is 1. The quantitative estimate of drug-likeness (QED) is 0.710. The van der Waals surface area contributed by atoms with Gasteiger partial charge in [0.25, 0.3) is 5.56 Å². The lowest BCUT2D eigenvalue weighted by Gasteiger charge is -2.05. The molecule has 0 fully saturated rings. The number of halogens is 1.